The van der Waals surface area contributed by atoms with Crippen molar-refractivity contribution in [2.75, 3.05) is 7.11 Å². The molecule has 0 fully saturated rings. The Balaban J connectivity index is 0.000000216. The lowest BCUT2D eigenvalue weighted by Gasteiger charge is -2.08. The summed E-state index contributed by atoms with van der Waals surface area (Å²) in [6.07, 6.45) is 19.4. The van der Waals surface area contributed by atoms with E-state index < -0.39 is 0 Å². The van der Waals surface area contributed by atoms with Crippen molar-refractivity contribution in [2.45, 2.75) is 230 Å². The van der Waals surface area contributed by atoms with Gasteiger partial charge in [0.25, 0.3) is 0 Å². The Bertz CT molecular complexity index is 5620. The normalized spacial score (nSPS) is 11.1. The van der Waals surface area contributed by atoms with Crippen molar-refractivity contribution in [1.29, 1.82) is 0 Å². The SMILES string of the molecule is C.C.C.CC(C)Cc1sc(-c2nccs2)nc1CCC(=O)c1nc(-c2nccs2)sc1CC(C)C.COC(=O)c1nc(-c2nccs2)sc1CC(C)C.Cc1ccc(CCC(=O)c2nc(-c3ncc(C)s3)sc2CC(C)C)cc1.Cc1ccc(CCC(=O)c2nc(-c3nccs3)sc2CC(C)C)cc1.Cc1cnc(-c2nc(C(=O)OC(C)C)c(CC(C)C)s2)s1. The van der Waals surface area contributed by atoms with Gasteiger partial charge in [0.15, 0.2) is 88.8 Å². The van der Waals surface area contributed by atoms with Crippen molar-refractivity contribution in [3.8, 4) is 60.1 Å². The molecule has 14 aromatic rings. The molecule has 0 saturated carbocycles. The Morgan fingerprint density at radius 2 is 0.584 bits per heavy atom. The van der Waals surface area contributed by atoms with Crippen LogP contribution in [-0.4, -0.2) is 102 Å². The molecular weight excluding hydrogens is 1790 g/mol. The van der Waals surface area contributed by atoms with E-state index in [1.165, 1.54) is 56.9 Å². The number of hydrogen-bond donors (Lipinski definition) is 0. The molecule has 31 heteroatoms. The number of aromatic nitrogens is 12. The van der Waals surface area contributed by atoms with E-state index in [1.54, 1.807) is 132 Å². The van der Waals surface area contributed by atoms with Crippen LogP contribution in [0.25, 0.3) is 60.1 Å². The molecular formula is C94H118N12O7S12. The van der Waals surface area contributed by atoms with Crippen LogP contribution in [0.2, 0.25) is 0 Å². The van der Waals surface area contributed by atoms with Crippen molar-refractivity contribution in [3.63, 3.8) is 0 Å². The summed E-state index contributed by atoms with van der Waals surface area (Å²) in [6.45, 7) is 37.8. The van der Waals surface area contributed by atoms with Gasteiger partial charge in [0.2, 0.25) is 0 Å². The molecule has 668 valence electrons. The minimum absolute atomic E-state index is 0. The van der Waals surface area contributed by atoms with Gasteiger partial charge in [-0.15, -0.1) is 136 Å². The minimum Gasteiger partial charge on any atom is -0.464 e. The quantitative estimate of drug-likeness (QED) is 0.0273. The summed E-state index contributed by atoms with van der Waals surface area (Å²) in [6, 6.07) is 16.8. The van der Waals surface area contributed by atoms with Crippen LogP contribution in [0.15, 0.2) is 107 Å². The maximum Gasteiger partial charge on any atom is 0.358 e. The lowest BCUT2D eigenvalue weighted by molar-refractivity contribution is 0.0369. The molecule has 0 aliphatic carbocycles. The number of thiazole rings is 12. The Morgan fingerprint density at radius 3 is 0.864 bits per heavy atom. The van der Waals surface area contributed by atoms with Gasteiger partial charge in [0.1, 0.15) is 17.1 Å². The van der Waals surface area contributed by atoms with Crippen LogP contribution in [0.4, 0.5) is 0 Å². The third-order valence-electron chi connectivity index (χ3n) is 17.7. The van der Waals surface area contributed by atoms with Crippen LogP contribution in [0.5, 0.6) is 0 Å². The first-order chi connectivity index (χ1) is 58.3. The van der Waals surface area contributed by atoms with E-state index in [4.69, 9.17) is 24.4 Å². The Hall–Kier alpha value is -8.05. The highest BCUT2D eigenvalue weighted by Gasteiger charge is 2.28. The van der Waals surface area contributed by atoms with Crippen molar-refractivity contribution in [1.82, 2.24) is 59.8 Å². The second-order valence-corrected chi connectivity index (χ2v) is 44.6. The molecule has 0 aliphatic heterocycles. The van der Waals surface area contributed by atoms with E-state index in [0.717, 1.165) is 151 Å². The number of benzene rings is 2. The zero-order valence-corrected chi connectivity index (χ0v) is 82.3. The predicted molar refractivity (Wildman–Crippen MR) is 532 cm³/mol. The molecule has 125 heavy (non-hydrogen) atoms. The van der Waals surface area contributed by atoms with Crippen LogP contribution >= 0.6 is 136 Å². The number of ketones is 3. The topological polar surface area (TPSA) is 258 Å². The predicted octanol–water partition coefficient (Wildman–Crippen LogP) is 28.0. The molecule has 0 unspecified atom stereocenters. The van der Waals surface area contributed by atoms with Crippen LogP contribution < -0.4 is 0 Å². The average Bonchev–Trinajstić information content (AvgIpc) is 1.68. The van der Waals surface area contributed by atoms with Gasteiger partial charge < -0.3 is 9.47 Å². The highest BCUT2D eigenvalue weighted by atomic mass is 32.1. The number of aryl methyl sites for hydroxylation is 7. The number of esters is 2. The van der Waals surface area contributed by atoms with Crippen LogP contribution in [-0.2, 0) is 67.3 Å². The molecule has 0 N–H and O–H groups in total. The number of rotatable bonds is 33. The standard InChI is InChI=1S/C23H26N4OS4.C21H24N2OS2.C20H22N2OS2.C15H20N2O2S2.C12H14N2O2S2.3CH4/c1-13(2)11-17-15(26-22(31-17)20-24-7-9-29-20)5-6-16(28)19-18(12-14(3)4)32-23(27-19)21-25-8-10-30-21;1-13(2)11-18-19(23-21(26-18)20-22-12-15(4)25-20)17(24)10-9-16-7-5-14(3)6-8-16;1-13(2)12-17-18(22-20(25-17)19-21-10-11-24-19)16(23)9-8-15-6-4-14(3)5-7-15;1-8(2)6-11-12(15(18)19-9(3)4)17-14(21-11)13-16-7-10(5)20-13;1-7(2)6-8-9(12(15)16-3)14-11(18-8)10-13-4-5-17-10;;;/h7-10,13-14H,5-6,11-12H2,1-4H3;5-8,12-13H,9-11H2,1-4H3;4-7,10-11,13H,8-9,12H2,1-3H3;7-9H,6H2,1-5H3;4-5,7H,6H2,1-3H3;3*1H4. The van der Waals surface area contributed by atoms with Gasteiger partial charge in [-0.25, -0.2) is 69.4 Å². The zero-order chi connectivity index (χ0) is 87.8. The second-order valence-electron chi connectivity index (χ2n) is 32.0. The first kappa shape index (κ1) is 104. The average molecular weight is 1910 g/mol. The Kier molecular flexibility index (Phi) is 42.1. The van der Waals surface area contributed by atoms with Crippen LogP contribution in [0.1, 0.15) is 258 Å². The van der Waals surface area contributed by atoms with Gasteiger partial charge in [-0.2, -0.15) is 0 Å². The van der Waals surface area contributed by atoms with E-state index in [1.807, 2.05) is 67.8 Å². The summed E-state index contributed by atoms with van der Waals surface area (Å²) in [7, 11) is 1.38. The van der Waals surface area contributed by atoms with Crippen molar-refractivity contribution < 1.29 is 33.4 Å². The largest absolute Gasteiger partial charge is 0.464 e. The highest BCUT2D eigenvalue weighted by molar-refractivity contribution is 7.24. The Labute approximate surface area is 786 Å². The third kappa shape index (κ3) is 31.4. The maximum atomic E-state index is 13.3. The van der Waals surface area contributed by atoms with Crippen LogP contribution in [0, 0.1) is 63.2 Å². The summed E-state index contributed by atoms with van der Waals surface area (Å²) in [5, 5.41) is 18.2. The summed E-state index contributed by atoms with van der Waals surface area (Å²) in [5.74, 6) is 2.57. The maximum absolute atomic E-state index is 13.3. The van der Waals surface area contributed by atoms with Gasteiger partial charge in [0, 0.05) is 117 Å². The van der Waals surface area contributed by atoms with E-state index >= 15 is 0 Å². The third-order valence-corrected chi connectivity index (χ3v) is 30.0. The fourth-order valence-corrected chi connectivity index (χ4v) is 24.2. The van der Waals surface area contributed by atoms with Crippen LogP contribution in [0.3, 0.4) is 0 Å². The summed E-state index contributed by atoms with van der Waals surface area (Å²) in [4.78, 5) is 126. The van der Waals surface area contributed by atoms with Crippen molar-refractivity contribution >= 4 is 165 Å². The molecule has 14 rings (SSSR count). The van der Waals surface area contributed by atoms with Crippen molar-refractivity contribution in [3.05, 3.63) is 203 Å². The van der Waals surface area contributed by atoms with Gasteiger partial charge in [-0.1, -0.05) is 165 Å². The number of carbonyl (C=O) groups is 5. The molecule has 0 saturated heterocycles. The monoisotopic (exact) mass is 1910 g/mol. The fourth-order valence-electron chi connectivity index (χ4n) is 12.1. The molecule has 0 radical (unpaired) electrons. The number of carbonyl (C=O) groups excluding carboxylic acids is 5. The van der Waals surface area contributed by atoms with Gasteiger partial charge in [-0.3, -0.25) is 14.4 Å². The minimum atomic E-state index is -0.371. The Morgan fingerprint density at radius 1 is 0.312 bits per heavy atom. The second kappa shape index (κ2) is 50.6. The smallest absolute Gasteiger partial charge is 0.358 e. The van der Waals surface area contributed by atoms with E-state index in [2.05, 4.69) is 190 Å². The molecule has 0 spiro atoms. The lowest BCUT2D eigenvalue weighted by atomic mass is 10.0. The zero-order valence-electron chi connectivity index (χ0n) is 72.5. The number of nitrogens with zero attached hydrogens (tertiary/aromatic N) is 12. The van der Waals surface area contributed by atoms with E-state index in [-0.39, 0.29) is 57.7 Å². The fraction of sp³-hybridized carbons (Fsp3) is 0.436. The first-order valence-corrected chi connectivity index (χ1v) is 50.8. The molecule has 0 aliphatic rings. The lowest BCUT2D eigenvalue weighted by Crippen LogP contribution is -2.14. The molecule has 0 amide bonds. The number of ether oxygens (including phenoxy) is 2. The van der Waals surface area contributed by atoms with Crippen molar-refractivity contribution in [2.24, 2.45) is 35.5 Å². The number of methoxy groups -OCH3 is 1. The molecule has 2 aromatic carbocycles. The molecule has 12 heterocycles. The number of Topliss-reactive ketones (excluding diaryl/α,β-unsaturated/α-hetero) is 3. The molecule has 0 atom stereocenters. The highest BCUT2D eigenvalue weighted by Crippen LogP contribution is 2.39. The summed E-state index contributed by atoms with van der Waals surface area (Å²) in [5.41, 5.74) is 8.70. The molecule has 12 aromatic heterocycles. The van der Waals surface area contributed by atoms with E-state index in [9.17, 15) is 24.0 Å². The van der Waals surface area contributed by atoms with Gasteiger partial charge >= 0.3 is 11.9 Å². The molecule has 19 nitrogen and oxygen atoms in total. The summed E-state index contributed by atoms with van der Waals surface area (Å²) >= 11 is 19.1. The van der Waals surface area contributed by atoms with E-state index in [0.29, 0.717) is 89.7 Å². The molecule has 0 bridgehead atoms. The number of hydrogen-bond acceptors (Lipinski definition) is 31. The summed E-state index contributed by atoms with van der Waals surface area (Å²) < 4.78 is 10.1. The first-order valence-electron chi connectivity index (χ1n) is 40.8. The van der Waals surface area contributed by atoms with Gasteiger partial charge in [0.05, 0.1) is 18.9 Å². The van der Waals surface area contributed by atoms with Gasteiger partial charge in [-0.05, 0) is 146 Å².